The number of aromatic nitrogens is 4. The van der Waals surface area contributed by atoms with Gasteiger partial charge in [-0.15, -0.1) is 0 Å². The van der Waals surface area contributed by atoms with Crippen molar-refractivity contribution < 1.29 is 9.18 Å². The summed E-state index contributed by atoms with van der Waals surface area (Å²) in [6, 6.07) is 6.52. The smallest absolute Gasteiger partial charge is 0.226 e. The summed E-state index contributed by atoms with van der Waals surface area (Å²) in [5.41, 5.74) is 3.52. The molecule has 2 saturated carbocycles. The quantitative estimate of drug-likeness (QED) is 0.741. The first-order valence-corrected chi connectivity index (χ1v) is 10.1. The molecule has 1 aliphatic heterocycles. The van der Waals surface area contributed by atoms with Crippen LogP contribution in [0, 0.1) is 17.2 Å². The second-order valence-corrected chi connectivity index (χ2v) is 8.58. The van der Waals surface area contributed by atoms with Crippen molar-refractivity contribution in [1.29, 1.82) is 0 Å². The van der Waals surface area contributed by atoms with Crippen molar-refractivity contribution in [3.63, 3.8) is 0 Å². The first-order chi connectivity index (χ1) is 13.6. The summed E-state index contributed by atoms with van der Waals surface area (Å²) in [5, 5.41) is 4.70. The Labute approximate surface area is 161 Å². The molecule has 3 heterocycles. The molecule has 6 rings (SSSR count). The lowest BCUT2D eigenvalue weighted by Crippen LogP contribution is -2.34. The van der Waals surface area contributed by atoms with Crippen LogP contribution in [0.5, 0.6) is 0 Å². The van der Waals surface area contributed by atoms with Crippen molar-refractivity contribution in [2.45, 2.75) is 45.2 Å². The Morgan fingerprint density at radius 3 is 2.89 bits per heavy atom. The van der Waals surface area contributed by atoms with Crippen molar-refractivity contribution in [3.8, 4) is 11.5 Å². The number of aryl methyl sites for hydroxylation is 1. The van der Waals surface area contributed by atoms with E-state index < -0.39 is 0 Å². The molecule has 3 aromatic rings. The van der Waals surface area contributed by atoms with Gasteiger partial charge in [0, 0.05) is 19.0 Å². The predicted molar refractivity (Wildman–Crippen MR) is 102 cm³/mol. The number of carbonyl (C=O) groups excluding carboxylic acids is 1. The van der Waals surface area contributed by atoms with E-state index >= 15 is 0 Å². The molecule has 1 atom stereocenters. The van der Waals surface area contributed by atoms with Crippen LogP contribution in [0.1, 0.15) is 37.8 Å². The van der Waals surface area contributed by atoms with Crippen LogP contribution in [0.4, 0.5) is 4.39 Å². The Morgan fingerprint density at radius 2 is 2.11 bits per heavy atom. The fourth-order valence-electron chi connectivity index (χ4n) is 4.97. The van der Waals surface area contributed by atoms with E-state index in [2.05, 4.69) is 9.97 Å². The molecule has 7 heteroatoms. The topological polar surface area (TPSA) is 66.8 Å². The van der Waals surface area contributed by atoms with Crippen molar-refractivity contribution in [2.75, 3.05) is 6.54 Å². The van der Waals surface area contributed by atoms with Crippen LogP contribution in [-0.4, -0.2) is 37.1 Å². The van der Waals surface area contributed by atoms with Gasteiger partial charge in [0.1, 0.15) is 11.5 Å². The third-order valence-electron chi connectivity index (χ3n) is 6.85. The van der Waals surface area contributed by atoms with Crippen LogP contribution >= 0.6 is 0 Å². The fraction of sp³-hybridized carbons (Fsp3) is 0.476. The average molecular weight is 379 g/mol. The summed E-state index contributed by atoms with van der Waals surface area (Å²) in [6.45, 7) is 2.20. The molecular weight excluding hydrogens is 357 g/mol. The number of carbonyl (C=O) groups is 1. The molecule has 1 N–H and O–H groups in total. The Bertz CT molecular complexity index is 1100. The van der Waals surface area contributed by atoms with E-state index in [1.807, 2.05) is 15.6 Å². The first kappa shape index (κ1) is 16.3. The molecule has 0 bridgehead atoms. The summed E-state index contributed by atoms with van der Waals surface area (Å²) in [7, 11) is 0. The van der Waals surface area contributed by atoms with E-state index in [0.717, 1.165) is 42.8 Å². The molecule has 1 amide bonds. The van der Waals surface area contributed by atoms with Gasteiger partial charge in [-0.3, -0.25) is 9.48 Å². The highest BCUT2D eigenvalue weighted by Crippen LogP contribution is 2.66. The highest BCUT2D eigenvalue weighted by atomic mass is 19.1. The molecule has 1 aromatic carbocycles. The predicted octanol–water partition coefficient (Wildman–Crippen LogP) is 3.49. The highest BCUT2D eigenvalue weighted by Gasteiger charge is 2.61. The average Bonchev–Trinajstić information content (AvgIpc) is 3.20. The molecule has 0 saturated heterocycles. The van der Waals surface area contributed by atoms with Crippen molar-refractivity contribution in [2.24, 2.45) is 11.3 Å². The zero-order valence-electron chi connectivity index (χ0n) is 15.6. The van der Waals surface area contributed by atoms with Gasteiger partial charge in [-0.2, -0.15) is 5.10 Å². The molecule has 144 valence electrons. The van der Waals surface area contributed by atoms with Gasteiger partial charge in [0.05, 0.1) is 23.3 Å². The molecule has 1 spiro atoms. The van der Waals surface area contributed by atoms with Gasteiger partial charge in [-0.1, -0.05) is 6.42 Å². The molecule has 0 unspecified atom stereocenters. The molecule has 0 radical (unpaired) electrons. The van der Waals surface area contributed by atoms with Crippen LogP contribution in [0.2, 0.25) is 0 Å². The highest BCUT2D eigenvalue weighted by molar-refractivity contribution is 5.83. The Morgan fingerprint density at radius 1 is 1.21 bits per heavy atom. The number of H-pyrrole nitrogens is 1. The number of aromatic amines is 1. The van der Waals surface area contributed by atoms with Crippen LogP contribution in [0.25, 0.3) is 22.6 Å². The zero-order chi connectivity index (χ0) is 18.9. The zero-order valence-corrected chi connectivity index (χ0v) is 15.6. The fourth-order valence-corrected chi connectivity index (χ4v) is 4.97. The minimum absolute atomic E-state index is 0.250. The Balaban J connectivity index is 1.27. The maximum absolute atomic E-state index is 13.4. The second kappa shape index (κ2) is 5.65. The van der Waals surface area contributed by atoms with Gasteiger partial charge in [-0.25, -0.2) is 9.37 Å². The second-order valence-electron chi connectivity index (χ2n) is 8.58. The maximum atomic E-state index is 13.4. The lowest BCUT2D eigenvalue weighted by atomic mass is 9.79. The SMILES string of the molecule is O=C([C@H]1CC12CCC2)N1CCCn2nc(-c3nc4ccc(F)cc4[nH]3)cc2C1. The lowest BCUT2D eigenvalue weighted by Gasteiger charge is -2.28. The molecule has 6 nitrogen and oxygen atoms in total. The van der Waals surface area contributed by atoms with Gasteiger partial charge < -0.3 is 9.88 Å². The normalized spacial score (nSPS) is 22.8. The van der Waals surface area contributed by atoms with E-state index in [-0.39, 0.29) is 11.7 Å². The van der Waals surface area contributed by atoms with Crippen molar-refractivity contribution in [1.82, 2.24) is 24.6 Å². The van der Waals surface area contributed by atoms with Crippen LogP contribution in [0.15, 0.2) is 24.3 Å². The van der Waals surface area contributed by atoms with Gasteiger partial charge >= 0.3 is 0 Å². The van der Waals surface area contributed by atoms with Crippen LogP contribution < -0.4 is 0 Å². The number of benzene rings is 1. The minimum Gasteiger partial charge on any atom is -0.336 e. The summed E-state index contributed by atoms with van der Waals surface area (Å²) >= 11 is 0. The van der Waals surface area contributed by atoms with Gasteiger partial charge in [0.2, 0.25) is 5.91 Å². The number of fused-ring (bicyclic) bond motifs is 2. The monoisotopic (exact) mass is 379 g/mol. The first-order valence-electron chi connectivity index (χ1n) is 10.1. The standard InChI is InChI=1S/C21H22FN5O/c22-13-3-4-16-17(9-13)24-19(23-16)18-10-14-12-26(7-2-8-27(14)25-18)20(28)15-11-21(15)5-1-6-21/h3-4,9-10,15H,1-2,5-8,11-12H2,(H,23,24)/t15-/m1/s1. The van der Waals surface area contributed by atoms with Crippen LogP contribution in [-0.2, 0) is 17.9 Å². The molecule has 2 aromatic heterocycles. The third kappa shape index (κ3) is 2.41. The number of amides is 1. The third-order valence-corrected chi connectivity index (χ3v) is 6.85. The van der Waals surface area contributed by atoms with Gasteiger partial charge in [0.15, 0.2) is 5.82 Å². The Kier molecular flexibility index (Phi) is 3.29. The molecule has 3 aliphatic rings. The maximum Gasteiger partial charge on any atom is 0.226 e. The summed E-state index contributed by atoms with van der Waals surface area (Å²) in [6.07, 6.45) is 5.73. The number of imidazole rings is 1. The molecule has 28 heavy (non-hydrogen) atoms. The lowest BCUT2D eigenvalue weighted by molar-refractivity contribution is -0.134. The number of nitrogens with zero attached hydrogens (tertiary/aromatic N) is 4. The van der Waals surface area contributed by atoms with Gasteiger partial charge in [-0.05, 0) is 55.4 Å². The van der Waals surface area contributed by atoms with E-state index in [1.165, 1.54) is 31.4 Å². The Hall–Kier alpha value is -2.70. The van der Waals surface area contributed by atoms with E-state index in [9.17, 15) is 9.18 Å². The van der Waals surface area contributed by atoms with E-state index in [4.69, 9.17) is 5.10 Å². The van der Waals surface area contributed by atoms with E-state index in [0.29, 0.717) is 29.2 Å². The number of hydrogen-bond acceptors (Lipinski definition) is 3. The number of halogens is 1. The summed E-state index contributed by atoms with van der Waals surface area (Å²) in [4.78, 5) is 22.7. The number of hydrogen-bond donors (Lipinski definition) is 1. The number of rotatable bonds is 2. The van der Waals surface area contributed by atoms with Crippen LogP contribution in [0.3, 0.4) is 0 Å². The summed E-state index contributed by atoms with van der Waals surface area (Å²) in [5.74, 6) is 0.923. The van der Waals surface area contributed by atoms with Gasteiger partial charge in [0.25, 0.3) is 0 Å². The van der Waals surface area contributed by atoms with E-state index in [1.54, 1.807) is 6.07 Å². The molecule has 2 aliphatic carbocycles. The largest absolute Gasteiger partial charge is 0.336 e. The molecule has 2 fully saturated rings. The van der Waals surface area contributed by atoms with Crippen molar-refractivity contribution >= 4 is 16.9 Å². The molecular formula is C21H22FN5O. The van der Waals surface area contributed by atoms with Crippen molar-refractivity contribution in [3.05, 3.63) is 35.8 Å². The minimum atomic E-state index is -0.290. The summed E-state index contributed by atoms with van der Waals surface area (Å²) < 4.78 is 15.4. The number of nitrogens with one attached hydrogen (secondary N) is 1.